The molecule has 13 nitrogen and oxygen atoms in total. The van der Waals surface area contributed by atoms with Crippen LogP contribution in [0.4, 0.5) is 0 Å². The first-order chi connectivity index (χ1) is 29.2. The molecular formula is C46H48Cl2N4O9. The van der Waals surface area contributed by atoms with Gasteiger partial charge in [-0.25, -0.2) is 19.6 Å². The number of carbonyl (C=O) groups excluding carboxylic acids is 2. The van der Waals surface area contributed by atoms with Crippen LogP contribution in [0.15, 0.2) is 68.6 Å². The lowest BCUT2D eigenvalue weighted by Crippen LogP contribution is -2.17. The van der Waals surface area contributed by atoms with Gasteiger partial charge in [0.15, 0.2) is 0 Å². The number of methoxy groups -OCH3 is 2. The number of aromatic nitrogens is 4. The summed E-state index contributed by atoms with van der Waals surface area (Å²) < 4.78 is 15.1. The van der Waals surface area contributed by atoms with Crippen LogP contribution in [-0.2, 0) is 23.9 Å². The van der Waals surface area contributed by atoms with Crippen molar-refractivity contribution < 1.29 is 33.4 Å². The molecule has 2 fully saturated rings. The molecule has 2 aromatic carbocycles. The second-order valence-corrected chi connectivity index (χ2v) is 16.4. The zero-order chi connectivity index (χ0) is 43.8. The molecule has 0 amide bonds. The highest BCUT2D eigenvalue weighted by Crippen LogP contribution is 2.39. The van der Waals surface area contributed by atoms with Crippen LogP contribution >= 0.6 is 23.2 Å². The fourth-order valence-electron chi connectivity index (χ4n) is 8.30. The maximum atomic E-state index is 12.5. The van der Waals surface area contributed by atoms with Crippen LogP contribution in [0.2, 0.25) is 10.3 Å². The number of nitrogens with one attached hydrogen (secondary N) is 1. The number of carboxylic acid groups (broad SMARTS) is 1. The molecule has 0 spiro atoms. The Morgan fingerprint density at radius 2 is 1.36 bits per heavy atom. The molecule has 0 unspecified atom stereocenters. The molecule has 2 saturated carbocycles. The number of benzene rings is 2. The molecular weight excluding hydrogens is 823 g/mol. The van der Waals surface area contributed by atoms with Crippen molar-refractivity contribution in [1.82, 2.24) is 19.9 Å². The molecule has 0 aliphatic heterocycles. The molecule has 320 valence electrons. The van der Waals surface area contributed by atoms with E-state index >= 15 is 0 Å². The highest BCUT2D eigenvalue weighted by molar-refractivity contribution is 6.34. The van der Waals surface area contributed by atoms with E-state index in [1.165, 1.54) is 25.9 Å². The van der Waals surface area contributed by atoms with E-state index in [9.17, 15) is 24.0 Å². The largest absolute Gasteiger partial charge is 0.481 e. The number of aryl methyl sites for hydroxylation is 2. The number of hydrogen-bond acceptors (Lipinski definition) is 11. The number of H-pyrrole nitrogens is 1. The summed E-state index contributed by atoms with van der Waals surface area (Å²) in [5.74, 6) is 0.866. The number of halogens is 2. The molecule has 3 heterocycles. The Morgan fingerprint density at radius 3 is 1.90 bits per heavy atom. The Bertz CT molecular complexity index is 2540. The van der Waals surface area contributed by atoms with E-state index in [0.29, 0.717) is 52.3 Å². The van der Waals surface area contributed by atoms with Crippen molar-refractivity contribution in [2.75, 3.05) is 14.2 Å². The minimum Gasteiger partial charge on any atom is -0.481 e. The van der Waals surface area contributed by atoms with Crippen molar-refractivity contribution >= 4 is 63.9 Å². The van der Waals surface area contributed by atoms with Gasteiger partial charge in [-0.3, -0.25) is 14.4 Å². The third-order valence-corrected chi connectivity index (χ3v) is 12.2. The molecule has 0 saturated heterocycles. The minimum atomic E-state index is -0.738. The topological polar surface area (TPSA) is 192 Å². The molecule has 5 aromatic rings. The van der Waals surface area contributed by atoms with E-state index in [0.717, 1.165) is 62.5 Å². The van der Waals surface area contributed by atoms with Crippen molar-refractivity contribution in [2.45, 2.75) is 89.9 Å². The van der Waals surface area contributed by atoms with Crippen LogP contribution < -0.4 is 11.2 Å². The predicted octanol–water partition coefficient (Wildman–Crippen LogP) is 9.24. The van der Waals surface area contributed by atoms with E-state index in [1.807, 2.05) is 36.4 Å². The third kappa shape index (κ3) is 11.4. The molecule has 2 aliphatic carbocycles. The maximum absolute atomic E-state index is 12.5. The summed E-state index contributed by atoms with van der Waals surface area (Å²) in [5.41, 5.74) is 3.81. The lowest BCUT2D eigenvalue weighted by Gasteiger charge is -2.28. The van der Waals surface area contributed by atoms with Crippen LogP contribution in [-0.4, -0.2) is 57.2 Å². The van der Waals surface area contributed by atoms with Crippen LogP contribution in [0.25, 0.3) is 33.9 Å². The van der Waals surface area contributed by atoms with Gasteiger partial charge in [0.2, 0.25) is 5.71 Å². The Hall–Kier alpha value is -5.66. The Balaban J connectivity index is 0.000000204. The van der Waals surface area contributed by atoms with Crippen molar-refractivity contribution in [1.29, 1.82) is 0 Å². The Kier molecular flexibility index (Phi) is 14.9. The van der Waals surface area contributed by atoms with Gasteiger partial charge in [0.05, 0.1) is 36.3 Å². The van der Waals surface area contributed by atoms with Gasteiger partial charge in [0.25, 0.3) is 5.56 Å². The SMILES string of the molecule is COC(=O)/C(=C\c1c(Cl)nc(C)[nH]c1=O)c1ccc(C2CCC(CC(=O)O)CC2)cc1.COC(=O)CC1CCC(c2ccc(-c3cc4c(Cl)nc(C)nc4oc3=O)cc2)CC1. The van der Waals surface area contributed by atoms with Crippen LogP contribution in [0.3, 0.4) is 0 Å². The second-order valence-electron chi connectivity index (χ2n) is 15.7. The summed E-state index contributed by atoms with van der Waals surface area (Å²) in [7, 11) is 2.72. The number of nitrogens with zero attached hydrogens (tertiary/aromatic N) is 3. The number of hydrogen-bond donors (Lipinski definition) is 2. The molecule has 3 aromatic heterocycles. The summed E-state index contributed by atoms with van der Waals surface area (Å²) in [6.45, 7) is 3.32. The molecule has 61 heavy (non-hydrogen) atoms. The number of carbonyl (C=O) groups is 3. The van der Waals surface area contributed by atoms with Gasteiger partial charge in [0.1, 0.15) is 22.0 Å². The average molecular weight is 872 g/mol. The van der Waals surface area contributed by atoms with Gasteiger partial charge in [-0.1, -0.05) is 71.7 Å². The van der Waals surface area contributed by atoms with E-state index in [2.05, 4.69) is 32.1 Å². The van der Waals surface area contributed by atoms with E-state index in [-0.39, 0.29) is 45.5 Å². The highest BCUT2D eigenvalue weighted by atomic mass is 35.5. The second kappa shape index (κ2) is 20.3. The quantitative estimate of drug-likeness (QED) is 0.0769. The third-order valence-electron chi connectivity index (χ3n) is 11.6. The lowest BCUT2D eigenvalue weighted by atomic mass is 9.77. The first-order valence-corrected chi connectivity index (χ1v) is 21.0. The number of aliphatic carboxylic acids is 1. The number of ether oxygens (including phenoxy) is 2. The molecule has 7 rings (SSSR count). The zero-order valence-electron chi connectivity index (χ0n) is 34.5. The fourth-order valence-corrected chi connectivity index (χ4v) is 8.83. The van der Waals surface area contributed by atoms with Crippen LogP contribution in [0.5, 0.6) is 0 Å². The normalized spacial score (nSPS) is 19.1. The molecule has 0 radical (unpaired) electrons. The standard InChI is InChI=1S/C23H25ClN2O5.C23H23ClN2O4/c1-13-25-21(24)19(22(29)26-13)12-18(23(30)31-2)17-9-7-16(8-10-17)15-5-3-14(4-6-15)11-20(27)28;1-13-25-21(24)19-12-18(23(28)30-22(19)26-13)17-9-7-16(8-10-17)15-5-3-14(4-6-15)11-20(27)29-2/h7-10,12,14-15H,3-6,11H2,1-2H3,(H,27,28)(H,25,26,29);7-10,12,14-15H,3-6,11H2,1-2H3/b18-12-;. The minimum absolute atomic E-state index is 0.0115. The van der Waals surface area contributed by atoms with E-state index in [1.54, 1.807) is 19.9 Å². The fraction of sp³-hybridized carbons (Fsp3) is 0.391. The number of aromatic amines is 1. The molecule has 2 N–H and O–H groups in total. The first-order valence-electron chi connectivity index (χ1n) is 20.3. The Morgan fingerprint density at radius 1 is 0.787 bits per heavy atom. The van der Waals surface area contributed by atoms with E-state index in [4.69, 9.17) is 42.2 Å². The number of fused-ring (bicyclic) bond motifs is 1. The summed E-state index contributed by atoms with van der Waals surface area (Å²) in [4.78, 5) is 74.5. The molecule has 0 bridgehead atoms. The van der Waals surface area contributed by atoms with Crippen molar-refractivity contribution in [2.24, 2.45) is 11.8 Å². The van der Waals surface area contributed by atoms with Gasteiger partial charge >= 0.3 is 23.5 Å². The molecule has 0 atom stereocenters. The van der Waals surface area contributed by atoms with Gasteiger partial charge < -0.3 is 24.0 Å². The number of carboxylic acids is 1. The Labute approximate surface area is 362 Å². The molecule has 15 heteroatoms. The van der Waals surface area contributed by atoms with Crippen LogP contribution in [0, 0.1) is 25.7 Å². The number of rotatable bonds is 10. The number of esters is 2. The smallest absolute Gasteiger partial charge is 0.345 e. The van der Waals surface area contributed by atoms with Crippen molar-refractivity contribution in [3.8, 4) is 11.1 Å². The van der Waals surface area contributed by atoms with Gasteiger partial charge in [-0.15, -0.1) is 0 Å². The highest BCUT2D eigenvalue weighted by Gasteiger charge is 2.26. The summed E-state index contributed by atoms with van der Waals surface area (Å²) in [6.07, 6.45) is 9.94. The summed E-state index contributed by atoms with van der Waals surface area (Å²) in [5, 5.41) is 9.77. The first kappa shape index (κ1) is 44.9. The van der Waals surface area contributed by atoms with Gasteiger partial charge in [0, 0.05) is 12.8 Å². The molecule has 2 aliphatic rings. The van der Waals surface area contributed by atoms with E-state index < -0.39 is 23.1 Å². The zero-order valence-corrected chi connectivity index (χ0v) is 36.0. The monoisotopic (exact) mass is 870 g/mol. The van der Waals surface area contributed by atoms with Crippen molar-refractivity contribution in [3.05, 3.63) is 120 Å². The van der Waals surface area contributed by atoms with Crippen molar-refractivity contribution in [3.63, 3.8) is 0 Å². The lowest BCUT2D eigenvalue weighted by molar-refractivity contribution is -0.142. The summed E-state index contributed by atoms with van der Waals surface area (Å²) in [6, 6.07) is 17.3. The van der Waals surface area contributed by atoms with Gasteiger partial charge in [-0.05, 0) is 123 Å². The average Bonchev–Trinajstić information content (AvgIpc) is 3.23. The summed E-state index contributed by atoms with van der Waals surface area (Å²) >= 11 is 12.3. The van der Waals surface area contributed by atoms with Crippen LogP contribution in [0.1, 0.15) is 110 Å². The van der Waals surface area contributed by atoms with Gasteiger partial charge in [-0.2, -0.15) is 4.98 Å². The predicted molar refractivity (Wildman–Crippen MR) is 232 cm³/mol. The maximum Gasteiger partial charge on any atom is 0.345 e.